The van der Waals surface area contributed by atoms with E-state index in [1.165, 1.54) is 11.3 Å². The lowest BCUT2D eigenvalue weighted by Gasteiger charge is -2.05. The second-order valence-electron chi connectivity index (χ2n) is 3.81. The average molecular weight is 291 g/mol. The van der Waals surface area contributed by atoms with E-state index >= 15 is 0 Å². The van der Waals surface area contributed by atoms with Gasteiger partial charge in [-0.2, -0.15) is 5.26 Å². The van der Waals surface area contributed by atoms with Crippen LogP contribution < -0.4 is 4.74 Å². The molecule has 0 N–H and O–H groups in total. The van der Waals surface area contributed by atoms with Crippen molar-refractivity contribution >= 4 is 22.1 Å². The van der Waals surface area contributed by atoms with Crippen molar-refractivity contribution in [2.75, 3.05) is 12.4 Å². The predicted octanol–water partition coefficient (Wildman–Crippen LogP) is 3.00. The zero-order valence-electron chi connectivity index (χ0n) is 10.2. The molecule has 1 atom stereocenters. The van der Waals surface area contributed by atoms with Crippen molar-refractivity contribution in [2.24, 2.45) is 0 Å². The third-order valence-corrected chi connectivity index (χ3v) is 5.09. The topological polar surface area (TPSA) is 50.1 Å². The van der Waals surface area contributed by atoms with Gasteiger partial charge in [0.1, 0.15) is 12.4 Å². The van der Waals surface area contributed by atoms with E-state index in [2.05, 4.69) is 6.07 Å². The highest BCUT2D eigenvalue weighted by atomic mass is 32.2. The maximum absolute atomic E-state index is 11.8. The van der Waals surface area contributed by atoms with Crippen LogP contribution in [-0.4, -0.2) is 16.6 Å². The van der Waals surface area contributed by atoms with Crippen molar-refractivity contribution in [3.8, 4) is 11.8 Å². The standard InChI is InChI=1S/C14H13NO2S2/c15-8-7-12-3-5-13(6-4-12)17-9-11-19(16)14-2-1-10-18-14/h1-6,10H,7,9,11H2. The van der Waals surface area contributed by atoms with Gasteiger partial charge in [-0.1, -0.05) is 18.2 Å². The average Bonchev–Trinajstić information content (AvgIpc) is 2.95. The lowest BCUT2D eigenvalue weighted by atomic mass is 10.2. The van der Waals surface area contributed by atoms with Crippen LogP contribution in [0.15, 0.2) is 46.0 Å². The number of nitriles is 1. The van der Waals surface area contributed by atoms with Crippen LogP contribution in [0.4, 0.5) is 0 Å². The minimum Gasteiger partial charge on any atom is -0.493 e. The number of ether oxygens (including phenoxy) is 1. The Morgan fingerprint density at radius 1 is 1.26 bits per heavy atom. The summed E-state index contributed by atoms with van der Waals surface area (Å²) >= 11 is 1.50. The van der Waals surface area contributed by atoms with Crippen molar-refractivity contribution in [1.82, 2.24) is 0 Å². The van der Waals surface area contributed by atoms with Crippen molar-refractivity contribution in [3.63, 3.8) is 0 Å². The number of hydrogen-bond acceptors (Lipinski definition) is 4. The zero-order valence-corrected chi connectivity index (χ0v) is 11.9. The Hall–Kier alpha value is -1.64. The Labute approximate surface area is 118 Å². The summed E-state index contributed by atoms with van der Waals surface area (Å²) in [7, 11) is -0.983. The van der Waals surface area contributed by atoms with E-state index < -0.39 is 10.8 Å². The van der Waals surface area contributed by atoms with Crippen LogP contribution in [0, 0.1) is 11.3 Å². The van der Waals surface area contributed by atoms with Crippen LogP contribution in [0.2, 0.25) is 0 Å². The fourth-order valence-corrected chi connectivity index (χ4v) is 3.48. The third kappa shape index (κ3) is 4.19. The van der Waals surface area contributed by atoms with E-state index in [0.29, 0.717) is 18.8 Å². The van der Waals surface area contributed by atoms with Gasteiger partial charge in [-0.3, -0.25) is 4.21 Å². The molecule has 3 nitrogen and oxygen atoms in total. The minimum absolute atomic E-state index is 0.405. The molecule has 0 aliphatic carbocycles. The first-order chi connectivity index (χ1) is 9.29. The van der Waals surface area contributed by atoms with Gasteiger partial charge in [-0.25, -0.2) is 0 Å². The van der Waals surface area contributed by atoms with E-state index in [0.717, 1.165) is 15.5 Å². The van der Waals surface area contributed by atoms with Crippen molar-refractivity contribution in [2.45, 2.75) is 10.6 Å². The van der Waals surface area contributed by atoms with Crippen molar-refractivity contribution in [1.29, 1.82) is 5.26 Å². The molecule has 2 rings (SSSR count). The van der Waals surface area contributed by atoms with E-state index in [-0.39, 0.29) is 0 Å². The SMILES string of the molecule is N#CCc1ccc(OCCS(=O)c2cccs2)cc1. The summed E-state index contributed by atoms with van der Waals surface area (Å²) in [5.74, 6) is 1.23. The summed E-state index contributed by atoms with van der Waals surface area (Å²) < 4.78 is 18.3. The van der Waals surface area contributed by atoms with Crippen LogP contribution >= 0.6 is 11.3 Å². The molecule has 0 fully saturated rings. The van der Waals surface area contributed by atoms with Crippen molar-refractivity contribution < 1.29 is 8.95 Å². The predicted molar refractivity (Wildman–Crippen MR) is 76.8 cm³/mol. The monoisotopic (exact) mass is 291 g/mol. The van der Waals surface area contributed by atoms with Gasteiger partial charge in [0.15, 0.2) is 0 Å². The van der Waals surface area contributed by atoms with Gasteiger partial charge in [0.05, 0.1) is 33.3 Å². The number of hydrogen-bond donors (Lipinski definition) is 0. The third-order valence-electron chi connectivity index (χ3n) is 2.46. The van der Waals surface area contributed by atoms with Gasteiger partial charge in [0.25, 0.3) is 0 Å². The molecule has 0 spiro atoms. The maximum Gasteiger partial charge on any atom is 0.119 e. The van der Waals surface area contributed by atoms with Gasteiger partial charge >= 0.3 is 0 Å². The molecule has 0 radical (unpaired) electrons. The quantitative estimate of drug-likeness (QED) is 0.822. The van der Waals surface area contributed by atoms with E-state index in [4.69, 9.17) is 10.00 Å². The van der Waals surface area contributed by atoms with Gasteiger partial charge < -0.3 is 4.74 Å². The molecule has 5 heteroatoms. The highest BCUT2D eigenvalue weighted by Gasteiger charge is 2.04. The molecule has 1 aromatic heterocycles. The summed E-state index contributed by atoms with van der Waals surface area (Å²) in [5, 5.41) is 10.5. The number of benzene rings is 1. The normalized spacial score (nSPS) is 11.7. The molecular formula is C14H13NO2S2. The Kier molecular flexibility index (Phi) is 5.13. The Morgan fingerprint density at radius 3 is 2.68 bits per heavy atom. The van der Waals surface area contributed by atoms with Gasteiger partial charge in [-0.15, -0.1) is 11.3 Å². The smallest absolute Gasteiger partial charge is 0.119 e. The first-order valence-electron chi connectivity index (χ1n) is 5.80. The highest BCUT2D eigenvalue weighted by Crippen LogP contribution is 2.15. The molecule has 0 bridgehead atoms. The molecule has 0 aliphatic rings. The first kappa shape index (κ1) is 13.8. The zero-order chi connectivity index (χ0) is 13.5. The molecule has 0 saturated carbocycles. The molecule has 19 heavy (non-hydrogen) atoms. The fraction of sp³-hybridized carbons (Fsp3) is 0.214. The Balaban J connectivity index is 1.79. The van der Waals surface area contributed by atoms with Crippen LogP contribution in [-0.2, 0) is 17.2 Å². The molecule has 1 aromatic carbocycles. The fourth-order valence-electron chi connectivity index (χ4n) is 1.52. The summed E-state index contributed by atoms with van der Waals surface area (Å²) in [6.07, 6.45) is 0.405. The number of nitrogens with zero attached hydrogens (tertiary/aromatic N) is 1. The molecule has 0 saturated heterocycles. The van der Waals surface area contributed by atoms with Crippen LogP contribution in [0.1, 0.15) is 5.56 Å². The molecule has 0 aliphatic heterocycles. The second-order valence-corrected chi connectivity index (χ2v) is 6.55. The van der Waals surface area contributed by atoms with Crippen LogP contribution in [0.25, 0.3) is 0 Å². The molecule has 98 valence electrons. The van der Waals surface area contributed by atoms with E-state index in [9.17, 15) is 4.21 Å². The maximum atomic E-state index is 11.8. The molecule has 1 unspecified atom stereocenters. The summed E-state index contributed by atoms with van der Waals surface area (Å²) in [5.41, 5.74) is 0.969. The summed E-state index contributed by atoms with van der Waals surface area (Å²) in [4.78, 5) is 0. The Morgan fingerprint density at radius 2 is 2.05 bits per heavy atom. The lowest BCUT2D eigenvalue weighted by Crippen LogP contribution is -2.07. The van der Waals surface area contributed by atoms with E-state index in [1.54, 1.807) is 0 Å². The van der Waals surface area contributed by atoms with Gasteiger partial charge in [-0.05, 0) is 29.1 Å². The molecular weight excluding hydrogens is 278 g/mol. The molecule has 0 amide bonds. The Bertz CT molecular complexity index is 570. The summed E-state index contributed by atoms with van der Waals surface area (Å²) in [6.45, 7) is 0.419. The van der Waals surface area contributed by atoms with E-state index in [1.807, 2.05) is 41.8 Å². The summed E-state index contributed by atoms with van der Waals surface area (Å²) in [6, 6.07) is 13.3. The van der Waals surface area contributed by atoms with Crippen LogP contribution in [0.5, 0.6) is 5.75 Å². The van der Waals surface area contributed by atoms with Gasteiger partial charge in [0, 0.05) is 0 Å². The minimum atomic E-state index is -0.983. The van der Waals surface area contributed by atoms with Gasteiger partial charge in [0.2, 0.25) is 0 Å². The second kappa shape index (κ2) is 7.07. The first-order valence-corrected chi connectivity index (χ1v) is 8.00. The highest BCUT2D eigenvalue weighted by molar-refractivity contribution is 7.87. The van der Waals surface area contributed by atoms with Crippen molar-refractivity contribution in [3.05, 3.63) is 47.3 Å². The molecule has 2 aromatic rings. The largest absolute Gasteiger partial charge is 0.493 e. The lowest BCUT2D eigenvalue weighted by molar-refractivity contribution is 0.342. The number of thiophene rings is 1. The van der Waals surface area contributed by atoms with Crippen LogP contribution in [0.3, 0.4) is 0 Å². The molecule has 1 heterocycles. The number of rotatable bonds is 6.